The van der Waals surface area contributed by atoms with Crippen LogP contribution in [0.1, 0.15) is 19.4 Å². The van der Waals surface area contributed by atoms with E-state index in [2.05, 4.69) is 20.9 Å². The summed E-state index contributed by atoms with van der Waals surface area (Å²) in [5.41, 5.74) is 0.603. The molecule has 0 N–H and O–H groups in total. The molecular formula is C16H23N5O. The summed E-state index contributed by atoms with van der Waals surface area (Å²) in [7, 11) is 1.84. The highest BCUT2D eigenvalue weighted by Gasteiger charge is 2.23. The van der Waals surface area contributed by atoms with Gasteiger partial charge in [0.25, 0.3) is 0 Å². The quantitative estimate of drug-likeness (QED) is 0.828. The fourth-order valence-corrected chi connectivity index (χ4v) is 2.44. The van der Waals surface area contributed by atoms with Gasteiger partial charge < -0.3 is 9.80 Å². The molecule has 0 radical (unpaired) electrons. The molecule has 0 aromatic carbocycles. The number of hydrogen-bond acceptors (Lipinski definition) is 5. The van der Waals surface area contributed by atoms with E-state index >= 15 is 0 Å². The summed E-state index contributed by atoms with van der Waals surface area (Å²) in [6.45, 7) is 7.66. The molecule has 2 rings (SSSR count). The fourth-order valence-electron chi connectivity index (χ4n) is 2.44. The number of nitrogens with zero attached hydrogens (tertiary/aromatic N) is 5. The van der Waals surface area contributed by atoms with Crippen LogP contribution in [0.15, 0.2) is 18.3 Å². The van der Waals surface area contributed by atoms with Crippen LogP contribution in [-0.2, 0) is 4.79 Å². The second-order valence-electron chi connectivity index (χ2n) is 5.85. The van der Waals surface area contributed by atoms with Gasteiger partial charge in [0, 0.05) is 45.5 Å². The third-order valence-corrected chi connectivity index (χ3v) is 4.11. The summed E-state index contributed by atoms with van der Waals surface area (Å²) in [5, 5.41) is 9.16. The number of piperazine rings is 1. The van der Waals surface area contributed by atoms with Crippen molar-refractivity contribution in [1.29, 1.82) is 5.26 Å². The zero-order valence-electron chi connectivity index (χ0n) is 13.5. The van der Waals surface area contributed by atoms with Gasteiger partial charge in [-0.1, -0.05) is 0 Å². The minimum absolute atomic E-state index is 0.152. The lowest BCUT2D eigenvalue weighted by atomic mass is 10.2. The first-order chi connectivity index (χ1) is 10.5. The van der Waals surface area contributed by atoms with Crippen molar-refractivity contribution < 1.29 is 4.79 Å². The highest BCUT2D eigenvalue weighted by molar-refractivity contribution is 5.78. The number of anilines is 1. The molecule has 1 aliphatic rings. The Bertz CT molecular complexity index is 558. The predicted octanol–water partition coefficient (Wildman–Crippen LogP) is 0.942. The van der Waals surface area contributed by atoms with E-state index in [-0.39, 0.29) is 11.9 Å². The van der Waals surface area contributed by atoms with Gasteiger partial charge in [0.1, 0.15) is 11.9 Å². The molecule has 1 fully saturated rings. The van der Waals surface area contributed by atoms with Gasteiger partial charge in [-0.25, -0.2) is 4.98 Å². The Morgan fingerprint density at radius 1 is 1.41 bits per heavy atom. The van der Waals surface area contributed by atoms with Crippen LogP contribution in [-0.4, -0.2) is 66.5 Å². The molecule has 0 unspecified atom stereocenters. The average molecular weight is 301 g/mol. The van der Waals surface area contributed by atoms with Gasteiger partial charge >= 0.3 is 0 Å². The first-order valence-corrected chi connectivity index (χ1v) is 7.61. The molecule has 0 saturated carbocycles. The van der Waals surface area contributed by atoms with Crippen molar-refractivity contribution in [3.05, 3.63) is 23.9 Å². The van der Waals surface area contributed by atoms with Gasteiger partial charge in [-0.05, 0) is 26.0 Å². The van der Waals surface area contributed by atoms with E-state index in [0.717, 1.165) is 32.0 Å². The molecule has 0 aliphatic carbocycles. The number of pyridine rings is 1. The third kappa shape index (κ3) is 3.74. The van der Waals surface area contributed by atoms with Crippen LogP contribution >= 0.6 is 0 Å². The predicted molar refractivity (Wildman–Crippen MR) is 85.5 cm³/mol. The van der Waals surface area contributed by atoms with E-state index in [4.69, 9.17) is 5.26 Å². The Balaban J connectivity index is 1.91. The van der Waals surface area contributed by atoms with Crippen LogP contribution < -0.4 is 4.90 Å². The maximum absolute atomic E-state index is 12.1. The maximum Gasteiger partial charge on any atom is 0.236 e. The average Bonchev–Trinajstić information content (AvgIpc) is 2.54. The van der Waals surface area contributed by atoms with E-state index in [1.165, 1.54) is 0 Å². The van der Waals surface area contributed by atoms with Crippen molar-refractivity contribution in [2.45, 2.75) is 19.9 Å². The van der Waals surface area contributed by atoms with Crippen LogP contribution in [0, 0.1) is 11.3 Å². The Kier molecular flexibility index (Phi) is 5.34. The van der Waals surface area contributed by atoms with E-state index in [1.54, 1.807) is 23.2 Å². The van der Waals surface area contributed by atoms with Crippen molar-refractivity contribution in [3.8, 4) is 6.07 Å². The van der Waals surface area contributed by atoms with Gasteiger partial charge in [-0.3, -0.25) is 9.69 Å². The standard InChI is InChI=1S/C16H23N5O/c1-13(2)19(3)15(22)12-20-7-9-21(10-8-20)16-14(11-17)5-4-6-18-16/h4-6,13H,7-10,12H2,1-3H3. The number of carbonyl (C=O) groups excluding carboxylic acids is 1. The smallest absolute Gasteiger partial charge is 0.236 e. The SMILES string of the molecule is CC(C)N(C)C(=O)CN1CCN(c2ncccc2C#N)CC1. The second kappa shape index (κ2) is 7.23. The van der Waals surface area contributed by atoms with Crippen LogP contribution in [0.2, 0.25) is 0 Å². The Labute approximate surface area is 131 Å². The van der Waals surface area contributed by atoms with Crippen LogP contribution in [0.5, 0.6) is 0 Å². The van der Waals surface area contributed by atoms with Crippen LogP contribution in [0.25, 0.3) is 0 Å². The highest BCUT2D eigenvalue weighted by Crippen LogP contribution is 2.18. The summed E-state index contributed by atoms with van der Waals surface area (Å²) < 4.78 is 0. The Morgan fingerprint density at radius 2 is 2.09 bits per heavy atom. The van der Waals surface area contributed by atoms with E-state index < -0.39 is 0 Å². The van der Waals surface area contributed by atoms with Gasteiger partial charge in [-0.15, -0.1) is 0 Å². The summed E-state index contributed by atoms with van der Waals surface area (Å²) in [6, 6.07) is 5.97. The van der Waals surface area contributed by atoms with Crippen LogP contribution in [0.3, 0.4) is 0 Å². The molecule has 1 aromatic heterocycles. The van der Waals surface area contributed by atoms with Crippen molar-refractivity contribution in [2.75, 3.05) is 44.7 Å². The molecular weight excluding hydrogens is 278 g/mol. The minimum atomic E-state index is 0.152. The lowest BCUT2D eigenvalue weighted by Gasteiger charge is -2.36. The monoisotopic (exact) mass is 301 g/mol. The second-order valence-corrected chi connectivity index (χ2v) is 5.85. The Hall–Kier alpha value is -2.13. The topological polar surface area (TPSA) is 63.5 Å². The van der Waals surface area contributed by atoms with Crippen molar-refractivity contribution >= 4 is 11.7 Å². The molecule has 1 amide bonds. The highest BCUT2D eigenvalue weighted by atomic mass is 16.2. The lowest BCUT2D eigenvalue weighted by molar-refractivity contribution is -0.132. The van der Waals surface area contributed by atoms with E-state index in [9.17, 15) is 4.79 Å². The number of carbonyl (C=O) groups is 1. The zero-order valence-corrected chi connectivity index (χ0v) is 13.5. The lowest BCUT2D eigenvalue weighted by Crippen LogP contribution is -2.50. The minimum Gasteiger partial charge on any atom is -0.353 e. The number of likely N-dealkylation sites (N-methyl/N-ethyl adjacent to an activating group) is 1. The van der Waals surface area contributed by atoms with Gasteiger partial charge in [0.2, 0.25) is 5.91 Å². The van der Waals surface area contributed by atoms with Gasteiger partial charge in [0.15, 0.2) is 0 Å². The molecule has 0 spiro atoms. The number of hydrogen-bond donors (Lipinski definition) is 0. The van der Waals surface area contributed by atoms with Gasteiger partial charge in [0.05, 0.1) is 12.1 Å². The summed E-state index contributed by atoms with van der Waals surface area (Å²) in [4.78, 5) is 22.5. The molecule has 1 aromatic rings. The summed E-state index contributed by atoms with van der Waals surface area (Å²) in [5.74, 6) is 0.897. The van der Waals surface area contributed by atoms with Crippen molar-refractivity contribution in [2.24, 2.45) is 0 Å². The number of nitriles is 1. The molecule has 0 atom stereocenters. The molecule has 22 heavy (non-hydrogen) atoms. The van der Waals surface area contributed by atoms with Crippen molar-refractivity contribution in [3.63, 3.8) is 0 Å². The maximum atomic E-state index is 12.1. The number of amides is 1. The van der Waals surface area contributed by atoms with Gasteiger partial charge in [-0.2, -0.15) is 5.26 Å². The molecule has 1 aliphatic heterocycles. The summed E-state index contributed by atoms with van der Waals surface area (Å²) >= 11 is 0. The first-order valence-electron chi connectivity index (χ1n) is 7.61. The molecule has 6 nitrogen and oxygen atoms in total. The Morgan fingerprint density at radius 3 is 2.68 bits per heavy atom. The third-order valence-electron chi connectivity index (χ3n) is 4.11. The summed E-state index contributed by atoms with van der Waals surface area (Å²) in [6.07, 6.45) is 1.71. The van der Waals surface area contributed by atoms with Crippen LogP contribution in [0.4, 0.5) is 5.82 Å². The van der Waals surface area contributed by atoms with E-state index in [1.807, 2.05) is 20.9 Å². The molecule has 118 valence electrons. The normalized spacial score (nSPS) is 15.7. The van der Waals surface area contributed by atoms with Crippen molar-refractivity contribution in [1.82, 2.24) is 14.8 Å². The first kappa shape index (κ1) is 16.2. The van der Waals surface area contributed by atoms with E-state index in [0.29, 0.717) is 12.1 Å². The molecule has 0 bridgehead atoms. The number of aromatic nitrogens is 1. The fraction of sp³-hybridized carbons (Fsp3) is 0.562. The zero-order chi connectivity index (χ0) is 16.1. The number of rotatable bonds is 4. The molecule has 1 saturated heterocycles. The largest absolute Gasteiger partial charge is 0.353 e. The molecule has 2 heterocycles. The molecule has 6 heteroatoms.